The van der Waals surface area contributed by atoms with Gasteiger partial charge in [0.05, 0.1) is 14.2 Å². The van der Waals surface area contributed by atoms with Crippen LogP contribution in [0.4, 0.5) is 0 Å². The van der Waals surface area contributed by atoms with Gasteiger partial charge in [-0.2, -0.15) is 0 Å². The zero-order chi connectivity index (χ0) is 14.4. The van der Waals surface area contributed by atoms with E-state index in [1.54, 1.807) is 20.4 Å². The second kappa shape index (κ2) is 6.91. The molecule has 20 heavy (non-hydrogen) atoms. The van der Waals surface area contributed by atoms with Crippen molar-refractivity contribution >= 4 is 0 Å². The highest BCUT2D eigenvalue weighted by atomic mass is 16.5. The predicted molar refractivity (Wildman–Crippen MR) is 79.0 cm³/mol. The molecule has 2 aromatic rings. The molecule has 4 nitrogen and oxygen atoms in total. The van der Waals surface area contributed by atoms with E-state index in [-0.39, 0.29) is 6.04 Å². The molecule has 0 bridgehead atoms. The maximum absolute atomic E-state index is 5.39. The Morgan fingerprint density at radius 1 is 1.10 bits per heavy atom. The maximum Gasteiger partial charge on any atom is 0.217 e. The first-order valence-electron chi connectivity index (χ1n) is 6.60. The molecule has 1 heterocycles. The highest BCUT2D eigenvalue weighted by molar-refractivity contribution is 5.35. The van der Waals surface area contributed by atoms with Gasteiger partial charge in [-0.3, -0.25) is 0 Å². The molecule has 0 amide bonds. The molecule has 1 aromatic heterocycles. The molecule has 1 atom stereocenters. The molecule has 0 radical (unpaired) electrons. The van der Waals surface area contributed by atoms with Gasteiger partial charge in [-0.05, 0) is 19.1 Å². The Kier molecular flexibility index (Phi) is 4.96. The summed E-state index contributed by atoms with van der Waals surface area (Å²) in [6.45, 7) is 2.80. The van der Waals surface area contributed by atoms with Gasteiger partial charge in [0.15, 0.2) is 0 Å². The summed E-state index contributed by atoms with van der Waals surface area (Å²) in [5.41, 5.74) is 2.18. The van der Waals surface area contributed by atoms with Gasteiger partial charge in [0.2, 0.25) is 5.88 Å². The van der Waals surface area contributed by atoms with Crippen LogP contribution in [0.3, 0.4) is 0 Å². The van der Waals surface area contributed by atoms with E-state index in [1.165, 1.54) is 0 Å². The van der Waals surface area contributed by atoms with E-state index in [2.05, 4.69) is 23.3 Å². The lowest BCUT2D eigenvalue weighted by Gasteiger charge is -2.17. The van der Waals surface area contributed by atoms with Crippen molar-refractivity contribution in [2.45, 2.75) is 19.5 Å². The molecule has 106 valence electrons. The Bertz CT molecular complexity index is 558. The molecule has 1 N–H and O–H groups in total. The van der Waals surface area contributed by atoms with Crippen LogP contribution >= 0.6 is 0 Å². The molecular formula is C16H20N2O2. The Morgan fingerprint density at radius 3 is 2.65 bits per heavy atom. The van der Waals surface area contributed by atoms with E-state index < -0.39 is 0 Å². The van der Waals surface area contributed by atoms with E-state index >= 15 is 0 Å². The minimum Gasteiger partial charge on any atom is -0.496 e. The lowest BCUT2D eigenvalue weighted by Crippen LogP contribution is -2.19. The average molecular weight is 272 g/mol. The molecular weight excluding hydrogens is 252 g/mol. The Balaban J connectivity index is 2.07. The number of hydrogen-bond acceptors (Lipinski definition) is 4. The van der Waals surface area contributed by atoms with Gasteiger partial charge in [-0.1, -0.05) is 24.3 Å². The molecule has 0 aliphatic heterocycles. The van der Waals surface area contributed by atoms with Crippen molar-refractivity contribution in [1.29, 1.82) is 0 Å². The van der Waals surface area contributed by atoms with Crippen molar-refractivity contribution in [3.05, 3.63) is 53.7 Å². The lowest BCUT2D eigenvalue weighted by molar-refractivity contribution is 0.386. The molecule has 0 aliphatic rings. The Morgan fingerprint density at radius 2 is 1.90 bits per heavy atom. The van der Waals surface area contributed by atoms with Gasteiger partial charge < -0.3 is 14.8 Å². The van der Waals surface area contributed by atoms with E-state index in [9.17, 15) is 0 Å². The topological polar surface area (TPSA) is 43.4 Å². The molecule has 0 unspecified atom stereocenters. The van der Waals surface area contributed by atoms with Gasteiger partial charge in [-0.15, -0.1) is 0 Å². The summed E-state index contributed by atoms with van der Waals surface area (Å²) in [6, 6.07) is 12.1. The summed E-state index contributed by atoms with van der Waals surface area (Å²) in [5.74, 6) is 1.55. The van der Waals surface area contributed by atoms with Crippen LogP contribution in [-0.2, 0) is 6.54 Å². The van der Waals surface area contributed by atoms with Crippen LogP contribution in [0.5, 0.6) is 11.6 Å². The molecule has 0 aliphatic carbocycles. The number of hydrogen-bond donors (Lipinski definition) is 1. The third-order valence-electron chi connectivity index (χ3n) is 3.25. The van der Waals surface area contributed by atoms with Crippen LogP contribution in [0.15, 0.2) is 42.6 Å². The quantitative estimate of drug-likeness (QED) is 0.878. The van der Waals surface area contributed by atoms with E-state index in [0.717, 1.165) is 16.9 Å². The van der Waals surface area contributed by atoms with Crippen molar-refractivity contribution in [2.75, 3.05) is 14.2 Å². The van der Waals surface area contributed by atoms with Crippen molar-refractivity contribution in [3.63, 3.8) is 0 Å². The summed E-state index contributed by atoms with van der Waals surface area (Å²) in [7, 11) is 3.32. The van der Waals surface area contributed by atoms with Gasteiger partial charge >= 0.3 is 0 Å². The smallest absolute Gasteiger partial charge is 0.217 e. The fourth-order valence-electron chi connectivity index (χ4n) is 2.14. The number of para-hydroxylation sites is 1. The monoisotopic (exact) mass is 272 g/mol. The number of nitrogens with one attached hydrogen (secondary N) is 1. The van der Waals surface area contributed by atoms with Crippen LogP contribution < -0.4 is 14.8 Å². The number of aromatic nitrogens is 1. The van der Waals surface area contributed by atoms with E-state index in [0.29, 0.717) is 12.4 Å². The van der Waals surface area contributed by atoms with Gasteiger partial charge in [0.1, 0.15) is 5.75 Å². The summed E-state index contributed by atoms with van der Waals surface area (Å²) in [5, 5.41) is 3.46. The first kappa shape index (κ1) is 14.3. The van der Waals surface area contributed by atoms with Crippen molar-refractivity contribution < 1.29 is 9.47 Å². The molecule has 1 aromatic carbocycles. The second-order valence-electron chi connectivity index (χ2n) is 4.52. The van der Waals surface area contributed by atoms with Crippen LogP contribution in [-0.4, -0.2) is 19.2 Å². The number of ether oxygens (including phenoxy) is 2. The van der Waals surface area contributed by atoms with Crippen LogP contribution in [0, 0.1) is 0 Å². The van der Waals surface area contributed by atoms with E-state index in [4.69, 9.17) is 9.47 Å². The lowest BCUT2D eigenvalue weighted by atomic mass is 10.1. The molecule has 4 heteroatoms. The number of pyridine rings is 1. The molecule has 0 saturated heterocycles. The Hall–Kier alpha value is -2.07. The highest BCUT2D eigenvalue weighted by Gasteiger charge is 2.11. The van der Waals surface area contributed by atoms with Crippen molar-refractivity contribution in [3.8, 4) is 11.6 Å². The van der Waals surface area contributed by atoms with Crippen LogP contribution in [0.25, 0.3) is 0 Å². The standard InChI is InChI=1S/C16H20N2O2/c1-12(14-8-4-5-9-15(14)19-2)18-11-13-7-6-10-17-16(13)20-3/h4-10,12,18H,11H2,1-3H3/t12-/m1/s1. The highest BCUT2D eigenvalue weighted by Crippen LogP contribution is 2.25. The summed E-state index contributed by atoms with van der Waals surface area (Å²) in [4.78, 5) is 4.19. The summed E-state index contributed by atoms with van der Waals surface area (Å²) >= 11 is 0. The second-order valence-corrected chi connectivity index (χ2v) is 4.52. The third-order valence-corrected chi connectivity index (χ3v) is 3.25. The minimum atomic E-state index is 0.177. The number of benzene rings is 1. The maximum atomic E-state index is 5.39. The largest absolute Gasteiger partial charge is 0.496 e. The SMILES string of the molecule is COc1ccccc1[C@@H](C)NCc1cccnc1OC. The molecule has 0 fully saturated rings. The average Bonchev–Trinajstić information content (AvgIpc) is 2.52. The Labute approximate surface area is 119 Å². The predicted octanol–water partition coefficient (Wildman–Crippen LogP) is 2.95. The third kappa shape index (κ3) is 3.27. The van der Waals surface area contributed by atoms with E-state index in [1.807, 2.05) is 30.3 Å². The van der Waals surface area contributed by atoms with Gasteiger partial charge in [-0.25, -0.2) is 4.98 Å². The summed E-state index contributed by atoms with van der Waals surface area (Å²) in [6.07, 6.45) is 1.73. The molecule has 0 spiro atoms. The summed E-state index contributed by atoms with van der Waals surface area (Å²) < 4.78 is 10.6. The van der Waals surface area contributed by atoms with Gasteiger partial charge in [0, 0.05) is 29.9 Å². The van der Waals surface area contributed by atoms with Crippen LogP contribution in [0.1, 0.15) is 24.1 Å². The zero-order valence-corrected chi connectivity index (χ0v) is 12.1. The van der Waals surface area contributed by atoms with Crippen molar-refractivity contribution in [2.24, 2.45) is 0 Å². The van der Waals surface area contributed by atoms with Gasteiger partial charge in [0.25, 0.3) is 0 Å². The van der Waals surface area contributed by atoms with Crippen LogP contribution in [0.2, 0.25) is 0 Å². The number of methoxy groups -OCH3 is 2. The van der Waals surface area contributed by atoms with Crippen molar-refractivity contribution in [1.82, 2.24) is 10.3 Å². The minimum absolute atomic E-state index is 0.177. The first-order chi connectivity index (χ1) is 9.76. The molecule has 0 saturated carbocycles. The molecule has 2 rings (SSSR count). The zero-order valence-electron chi connectivity index (χ0n) is 12.1. The number of nitrogens with zero attached hydrogens (tertiary/aromatic N) is 1. The fraction of sp³-hybridized carbons (Fsp3) is 0.312. The normalized spacial score (nSPS) is 11.9. The number of rotatable bonds is 6. The first-order valence-corrected chi connectivity index (χ1v) is 6.60. The fourth-order valence-corrected chi connectivity index (χ4v) is 2.14.